The number of carbonyl (C=O) groups excluding carboxylic acids is 1. The minimum absolute atomic E-state index is 0.0545. The Labute approximate surface area is 182 Å². The highest BCUT2D eigenvalue weighted by atomic mass is 32.2. The second-order valence-electron chi connectivity index (χ2n) is 8.04. The van der Waals surface area contributed by atoms with Crippen molar-refractivity contribution >= 4 is 17.7 Å². The molecule has 7 heteroatoms. The summed E-state index contributed by atoms with van der Waals surface area (Å²) in [7, 11) is 0. The van der Waals surface area contributed by atoms with E-state index in [0.29, 0.717) is 24.1 Å². The van der Waals surface area contributed by atoms with E-state index in [0.717, 1.165) is 16.9 Å². The molecule has 1 heterocycles. The fraction of sp³-hybridized carbons (Fsp3) is 0.348. The summed E-state index contributed by atoms with van der Waals surface area (Å²) in [5.41, 5.74) is 1.90. The van der Waals surface area contributed by atoms with Gasteiger partial charge in [-0.15, -0.1) is 5.10 Å². The minimum Gasteiger partial charge on any atom is -0.485 e. The SMILES string of the molecule is Cc1ccccc1OCc1nc(SCC(=O)N(Cc2ccccc2)C(C)(C)C)n[nH]1. The molecule has 0 spiro atoms. The first kappa shape index (κ1) is 21.9. The van der Waals surface area contributed by atoms with Crippen molar-refractivity contribution in [3.05, 3.63) is 71.5 Å². The molecule has 0 fully saturated rings. The number of nitrogens with zero attached hydrogens (tertiary/aromatic N) is 3. The third kappa shape index (κ3) is 6.10. The summed E-state index contributed by atoms with van der Waals surface area (Å²) in [5.74, 6) is 1.78. The van der Waals surface area contributed by atoms with Gasteiger partial charge in [0, 0.05) is 12.1 Å². The van der Waals surface area contributed by atoms with Crippen LogP contribution in [0.15, 0.2) is 59.8 Å². The Kier molecular flexibility index (Phi) is 7.15. The average Bonchev–Trinajstić information content (AvgIpc) is 3.17. The molecule has 1 amide bonds. The Hall–Kier alpha value is -2.80. The second kappa shape index (κ2) is 9.80. The summed E-state index contributed by atoms with van der Waals surface area (Å²) in [6, 6.07) is 17.9. The molecule has 6 nitrogen and oxygen atoms in total. The van der Waals surface area contributed by atoms with E-state index in [-0.39, 0.29) is 17.2 Å². The lowest BCUT2D eigenvalue weighted by Crippen LogP contribution is -2.45. The minimum atomic E-state index is -0.279. The van der Waals surface area contributed by atoms with Crippen LogP contribution in [0.3, 0.4) is 0 Å². The molecular weight excluding hydrogens is 396 g/mol. The van der Waals surface area contributed by atoms with Crippen LogP contribution in [0, 0.1) is 6.92 Å². The van der Waals surface area contributed by atoms with Gasteiger partial charge in [0.05, 0.1) is 5.75 Å². The Morgan fingerprint density at radius 3 is 2.50 bits per heavy atom. The van der Waals surface area contributed by atoms with Crippen molar-refractivity contribution in [2.24, 2.45) is 0 Å². The molecule has 0 saturated carbocycles. The molecule has 30 heavy (non-hydrogen) atoms. The smallest absolute Gasteiger partial charge is 0.233 e. The van der Waals surface area contributed by atoms with Crippen molar-refractivity contribution in [2.45, 2.75) is 51.5 Å². The molecule has 0 bridgehead atoms. The highest BCUT2D eigenvalue weighted by Gasteiger charge is 2.26. The third-order valence-electron chi connectivity index (χ3n) is 4.59. The van der Waals surface area contributed by atoms with Crippen LogP contribution in [-0.4, -0.2) is 37.3 Å². The van der Waals surface area contributed by atoms with Crippen LogP contribution in [0.2, 0.25) is 0 Å². The van der Waals surface area contributed by atoms with E-state index in [1.165, 1.54) is 11.8 Å². The van der Waals surface area contributed by atoms with Crippen molar-refractivity contribution in [1.29, 1.82) is 0 Å². The monoisotopic (exact) mass is 424 g/mol. The molecule has 0 aliphatic carbocycles. The maximum Gasteiger partial charge on any atom is 0.233 e. The van der Waals surface area contributed by atoms with Crippen molar-refractivity contribution in [3.63, 3.8) is 0 Å². The van der Waals surface area contributed by atoms with Crippen LogP contribution < -0.4 is 4.74 Å². The van der Waals surface area contributed by atoms with Gasteiger partial charge in [-0.05, 0) is 44.9 Å². The fourth-order valence-electron chi connectivity index (χ4n) is 2.94. The standard InChI is InChI=1S/C23H28N4O2S/c1-17-10-8-9-13-19(17)29-15-20-24-22(26-25-20)30-16-21(28)27(23(2,3)4)14-18-11-6-5-7-12-18/h5-13H,14-16H2,1-4H3,(H,24,25,26). The van der Waals surface area contributed by atoms with Gasteiger partial charge in [0.15, 0.2) is 5.82 Å². The molecule has 0 atom stereocenters. The zero-order valence-corrected chi connectivity index (χ0v) is 18.7. The maximum atomic E-state index is 12.9. The number of amides is 1. The van der Waals surface area contributed by atoms with E-state index >= 15 is 0 Å². The lowest BCUT2D eigenvalue weighted by Gasteiger charge is -2.35. The van der Waals surface area contributed by atoms with Gasteiger partial charge in [0.25, 0.3) is 0 Å². The number of aryl methyl sites for hydroxylation is 1. The number of rotatable bonds is 8. The van der Waals surface area contributed by atoms with Crippen LogP contribution in [0.5, 0.6) is 5.75 Å². The van der Waals surface area contributed by atoms with Crippen molar-refractivity contribution in [1.82, 2.24) is 20.1 Å². The topological polar surface area (TPSA) is 71.1 Å². The predicted molar refractivity (Wildman–Crippen MR) is 119 cm³/mol. The molecule has 2 aromatic carbocycles. The molecule has 1 N–H and O–H groups in total. The van der Waals surface area contributed by atoms with Gasteiger partial charge < -0.3 is 9.64 Å². The molecule has 0 saturated heterocycles. The van der Waals surface area contributed by atoms with Crippen molar-refractivity contribution < 1.29 is 9.53 Å². The number of aromatic nitrogens is 3. The molecule has 0 unspecified atom stereocenters. The summed E-state index contributed by atoms with van der Waals surface area (Å²) >= 11 is 1.33. The van der Waals surface area contributed by atoms with Crippen molar-refractivity contribution in [2.75, 3.05) is 5.75 Å². The molecular formula is C23H28N4O2S. The Morgan fingerprint density at radius 2 is 1.80 bits per heavy atom. The fourth-order valence-corrected chi connectivity index (χ4v) is 3.63. The average molecular weight is 425 g/mol. The van der Waals surface area contributed by atoms with E-state index in [9.17, 15) is 4.79 Å². The summed E-state index contributed by atoms with van der Waals surface area (Å²) < 4.78 is 5.79. The summed E-state index contributed by atoms with van der Waals surface area (Å²) in [6.45, 7) is 9.02. The lowest BCUT2D eigenvalue weighted by molar-refractivity contribution is -0.133. The van der Waals surface area contributed by atoms with Gasteiger partial charge in [-0.1, -0.05) is 60.3 Å². The summed E-state index contributed by atoms with van der Waals surface area (Å²) in [5, 5.41) is 7.63. The summed E-state index contributed by atoms with van der Waals surface area (Å²) in [6.07, 6.45) is 0. The molecule has 3 aromatic rings. The molecule has 0 radical (unpaired) electrons. The number of carbonyl (C=O) groups is 1. The second-order valence-corrected chi connectivity index (χ2v) is 8.99. The normalized spacial score (nSPS) is 11.3. The molecule has 0 aliphatic heterocycles. The van der Waals surface area contributed by atoms with Gasteiger partial charge in [0.2, 0.25) is 11.1 Å². The molecule has 0 aliphatic rings. The van der Waals surface area contributed by atoms with Gasteiger partial charge in [0.1, 0.15) is 12.4 Å². The first-order valence-corrected chi connectivity index (χ1v) is 10.9. The quantitative estimate of drug-likeness (QED) is 0.535. The largest absolute Gasteiger partial charge is 0.485 e. The van der Waals surface area contributed by atoms with E-state index in [4.69, 9.17) is 4.74 Å². The van der Waals surface area contributed by atoms with E-state index < -0.39 is 0 Å². The molecule has 158 valence electrons. The lowest BCUT2D eigenvalue weighted by atomic mass is 10.0. The maximum absolute atomic E-state index is 12.9. The van der Waals surface area contributed by atoms with Crippen LogP contribution in [-0.2, 0) is 17.9 Å². The van der Waals surface area contributed by atoms with E-state index in [1.54, 1.807) is 0 Å². The number of para-hydroxylation sites is 1. The van der Waals surface area contributed by atoms with Crippen LogP contribution in [0.1, 0.15) is 37.7 Å². The van der Waals surface area contributed by atoms with Gasteiger partial charge in [-0.3, -0.25) is 9.89 Å². The number of aromatic amines is 1. The van der Waals surface area contributed by atoms with Crippen LogP contribution >= 0.6 is 11.8 Å². The predicted octanol–water partition coefficient (Wildman–Crippen LogP) is 4.61. The number of H-pyrrole nitrogens is 1. The Bertz CT molecular complexity index is 967. The number of benzene rings is 2. The number of hydrogen-bond acceptors (Lipinski definition) is 5. The zero-order chi connectivity index (χ0) is 21.6. The zero-order valence-electron chi connectivity index (χ0n) is 17.9. The van der Waals surface area contributed by atoms with Gasteiger partial charge in [-0.2, -0.15) is 0 Å². The Balaban J connectivity index is 1.56. The highest BCUT2D eigenvalue weighted by molar-refractivity contribution is 7.99. The van der Waals surface area contributed by atoms with Crippen LogP contribution in [0.4, 0.5) is 0 Å². The van der Waals surface area contributed by atoms with Gasteiger partial charge >= 0.3 is 0 Å². The Morgan fingerprint density at radius 1 is 1.10 bits per heavy atom. The number of nitrogens with one attached hydrogen (secondary N) is 1. The van der Waals surface area contributed by atoms with Crippen molar-refractivity contribution in [3.8, 4) is 5.75 Å². The number of thioether (sulfide) groups is 1. The van der Waals surface area contributed by atoms with Crippen LogP contribution in [0.25, 0.3) is 0 Å². The van der Waals surface area contributed by atoms with E-state index in [2.05, 4.69) is 15.2 Å². The third-order valence-corrected chi connectivity index (χ3v) is 5.42. The highest BCUT2D eigenvalue weighted by Crippen LogP contribution is 2.22. The summed E-state index contributed by atoms with van der Waals surface area (Å²) in [4.78, 5) is 19.3. The molecule has 3 rings (SSSR count). The van der Waals surface area contributed by atoms with Gasteiger partial charge in [-0.25, -0.2) is 4.98 Å². The number of hydrogen-bond donors (Lipinski definition) is 1. The van der Waals surface area contributed by atoms with E-state index in [1.807, 2.05) is 87.2 Å². The number of ether oxygens (including phenoxy) is 1. The first-order chi connectivity index (χ1) is 14.3. The first-order valence-electron chi connectivity index (χ1n) is 9.90. The molecule has 1 aromatic heterocycles.